The van der Waals surface area contributed by atoms with E-state index in [2.05, 4.69) is 35.3 Å². The third kappa shape index (κ3) is 32.7. The topological polar surface area (TPSA) is 514 Å². The number of carbonyl (C=O) groups is 1. The zero-order valence-corrected chi connectivity index (χ0v) is 80.6. The van der Waals surface area contributed by atoms with Crippen molar-refractivity contribution in [3.63, 3.8) is 0 Å². The van der Waals surface area contributed by atoms with Crippen LogP contribution >= 0.6 is 69.6 Å². The van der Waals surface area contributed by atoms with Crippen LogP contribution < -0.4 is 15.6 Å². The van der Waals surface area contributed by atoms with Gasteiger partial charge in [0.1, 0.15) is 34.3 Å². The summed E-state index contributed by atoms with van der Waals surface area (Å²) in [5.41, 5.74) is 8.43. The van der Waals surface area contributed by atoms with Crippen LogP contribution in [0.2, 0.25) is 30.1 Å². The molecule has 145 heavy (non-hydrogen) atoms. The van der Waals surface area contributed by atoms with Gasteiger partial charge in [0.05, 0.1) is 99.5 Å². The summed E-state index contributed by atoms with van der Waals surface area (Å²) in [5.74, 6) is 0.425. The van der Waals surface area contributed by atoms with Crippen LogP contribution in [0.1, 0.15) is 73.1 Å². The average molecular weight is 2070 g/mol. The molecule has 0 atom stereocenters. The highest BCUT2D eigenvalue weighted by Gasteiger charge is 2.22. The molecule has 0 bridgehead atoms. The molecule has 0 spiro atoms. The molecule has 36 nitrogen and oxygen atoms in total. The Morgan fingerprint density at radius 3 is 1.19 bits per heavy atom. The number of furan rings is 1. The Labute approximate surface area is 853 Å². The fourth-order valence-electron chi connectivity index (χ4n) is 12.5. The van der Waals surface area contributed by atoms with E-state index in [0.29, 0.717) is 115 Å². The van der Waals surface area contributed by atoms with Crippen molar-refractivity contribution in [2.75, 3.05) is 6.61 Å². The van der Waals surface area contributed by atoms with Gasteiger partial charge in [0.2, 0.25) is 0 Å². The van der Waals surface area contributed by atoms with Gasteiger partial charge in [0, 0.05) is 198 Å². The number of aromatic hydroxyl groups is 2. The number of hydrogen-bond acceptors (Lipinski definition) is 27. The number of para-hydroxylation sites is 1. The van der Waals surface area contributed by atoms with E-state index in [4.69, 9.17) is 84.0 Å². The van der Waals surface area contributed by atoms with E-state index in [1.165, 1.54) is 175 Å². The molecular formula is C103H76Cl6N16O20. The van der Waals surface area contributed by atoms with E-state index in [9.17, 15) is 90.6 Å². The number of phenolic OH excluding ortho intramolecular Hbond substituents is 1. The number of halogens is 6. The number of nitriles is 1. The molecule has 1 amide bonds. The Kier molecular flexibility index (Phi) is 39.9. The largest absolute Gasteiger partial charge is 0.506 e. The summed E-state index contributed by atoms with van der Waals surface area (Å²) in [7, 11) is 1.56. The highest BCUT2D eigenvalue weighted by atomic mass is 35.5. The fourth-order valence-corrected chi connectivity index (χ4v) is 13.5. The number of rotatable bonds is 24. The molecule has 42 heteroatoms. The summed E-state index contributed by atoms with van der Waals surface area (Å²) in [5, 5.41) is 111. The minimum absolute atomic E-state index is 0.00454. The minimum atomic E-state index is -0.639. The molecule has 0 aliphatic rings. The number of amides is 1. The number of carbonyl (C=O) groups excluding carboxylic acids is 1. The molecule has 2 aromatic heterocycles. The number of ether oxygens (including phenoxy) is 1. The predicted molar refractivity (Wildman–Crippen MR) is 563 cm³/mol. The van der Waals surface area contributed by atoms with Crippen molar-refractivity contribution in [1.29, 1.82) is 5.26 Å². The van der Waals surface area contributed by atoms with E-state index < -0.39 is 45.9 Å². The maximum absolute atomic E-state index is 12.3. The Morgan fingerprint density at radius 1 is 0.407 bits per heavy atom. The third-order valence-electron chi connectivity index (χ3n) is 19.8. The van der Waals surface area contributed by atoms with Crippen LogP contribution in [0.4, 0.5) is 73.9 Å². The minimum Gasteiger partial charge on any atom is -0.506 e. The smallest absolute Gasteiger partial charge is 0.270 e. The average Bonchev–Trinajstić information content (AvgIpc) is 0.939. The van der Waals surface area contributed by atoms with E-state index >= 15 is 0 Å². The lowest BCUT2D eigenvalue weighted by molar-refractivity contribution is -0.385. The molecule has 0 aliphatic heterocycles. The number of aliphatic imine (C=N–C) groups is 6. The zero-order chi connectivity index (χ0) is 105. The maximum Gasteiger partial charge on any atom is 0.270 e. The lowest BCUT2D eigenvalue weighted by Crippen LogP contribution is -2.32. The lowest BCUT2D eigenvalue weighted by atomic mass is 10.1. The second-order valence-corrected chi connectivity index (χ2v) is 32.4. The highest BCUT2D eigenvalue weighted by Crippen LogP contribution is 2.34. The Morgan fingerprint density at radius 2 is 0.779 bits per heavy atom. The van der Waals surface area contributed by atoms with Crippen molar-refractivity contribution in [3.8, 4) is 23.3 Å². The number of fused-ring (bicyclic) bond motifs is 2. The number of nitrogens with one attached hydrogen (secondary N) is 1. The van der Waals surface area contributed by atoms with Gasteiger partial charge in [-0.15, -0.1) is 0 Å². The van der Waals surface area contributed by atoms with Crippen molar-refractivity contribution in [3.05, 3.63) is 482 Å². The first kappa shape index (κ1) is 109. The molecule has 730 valence electrons. The van der Waals surface area contributed by atoms with Crippen molar-refractivity contribution in [1.82, 2.24) is 9.88 Å². The van der Waals surface area contributed by atoms with Crippen LogP contribution in [-0.4, -0.2) is 99.0 Å². The highest BCUT2D eigenvalue weighted by molar-refractivity contribution is 6.35. The fraction of sp³-hybridized carbons (Fsp3) is 0.0583. The second-order valence-electron chi connectivity index (χ2n) is 29.9. The van der Waals surface area contributed by atoms with Gasteiger partial charge in [-0.25, -0.2) is 0 Å². The van der Waals surface area contributed by atoms with Crippen molar-refractivity contribution >= 4 is 208 Å². The molecule has 3 N–H and O–H groups in total. The second kappa shape index (κ2) is 53.2. The summed E-state index contributed by atoms with van der Waals surface area (Å²) in [4.78, 5) is 121. The molecule has 2 heterocycles. The molecule has 0 saturated heterocycles. The number of nitro benzene ring substituents is 7. The Bertz CT molecular complexity index is 7820. The Balaban J connectivity index is 0.000000174. The number of non-ortho nitro benzene ring substituents is 7. The lowest BCUT2D eigenvalue weighted by Gasteiger charge is -2.11. The molecule has 16 aromatic rings. The van der Waals surface area contributed by atoms with Gasteiger partial charge in [-0.2, -0.15) is 5.26 Å². The van der Waals surface area contributed by atoms with Gasteiger partial charge in [0.25, 0.3) is 51.3 Å². The number of nitro groups is 7. The molecular weight excluding hydrogens is 1990 g/mol. The quantitative estimate of drug-likeness (QED) is 0.0287. The monoisotopic (exact) mass is 2070 g/mol. The summed E-state index contributed by atoms with van der Waals surface area (Å²) in [6.07, 6.45) is 10.3. The predicted octanol–water partition coefficient (Wildman–Crippen LogP) is 27.4. The number of pyridine rings is 1. The third-order valence-corrected chi connectivity index (χ3v) is 21.9. The molecule has 0 saturated carbocycles. The van der Waals surface area contributed by atoms with Crippen LogP contribution in [0.15, 0.2) is 349 Å². The standard InChI is InChI=1S/C17H11ClN2O2.C16H14N2O4.C15H13ClN2O3.C14H8ClN3O2.C14H11ClN2O3.C14H11ClN2O2.C13H8ClN3O4/c18-17-8-7-16(20(21)22)10-14(17)11-19-15-6-5-12-3-1-2-4-13(12)9-15;1-18-12-7-3-2-6-11(12)14(19)13(16(18)21)15(20)17-9-10-5-4-8-22-10;1-2-21-14-6-3-12(4-7-14)17-10-11-9-13(18(19)20)5-8-15(11)16;15-14-5-4-13(18(19)20)7-11(14)9-17-12-3-1-2-10(6-12)8-16;1-9-2-5-13(14(18)6-9)16-8-10-7-11(17(19)20)3-4-12(10)15;1-10-3-2-4-12(7-10)16-9-11-8-13(17(18)19)5-6-14(11)15;14-13-6-5-12(17(20)21)7-9(13)8-15-10-1-3-11(4-2-10)16(18)19/h1-11H;2-8,19H,9H2,1H3,(H,17,20);3-10H,2H2,1H3;1-7,9H;2-8,18H,1H3;2-9H,1H3;1-8H. The molecule has 0 fully saturated rings. The van der Waals surface area contributed by atoms with Crippen molar-refractivity contribution in [2.45, 2.75) is 27.3 Å². The first-order chi connectivity index (χ1) is 69.4. The summed E-state index contributed by atoms with van der Waals surface area (Å²) < 4.78 is 11.8. The van der Waals surface area contributed by atoms with E-state index in [-0.39, 0.29) is 63.4 Å². The van der Waals surface area contributed by atoms with E-state index in [1.54, 1.807) is 104 Å². The number of aromatic nitrogens is 1. The van der Waals surface area contributed by atoms with Crippen LogP contribution in [0.5, 0.6) is 17.2 Å². The molecule has 14 aromatic carbocycles. The number of benzene rings is 14. The van der Waals surface area contributed by atoms with Crippen molar-refractivity contribution < 1.29 is 58.6 Å². The summed E-state index contributed by atoms with van der Waals surface area (Å²) in [6.45, 7) is 6.48. The SMILES string of the molecule is CCOc1ccc(N=Cc2cc([N+](=O)[O-])ccc2Cl)cc1.Cc1ccc(N=Cc2cc([N+](=O)[O-])ccc2Cl)c(O)c1.Cc1cccc(N=Cc2cc([N+](=O)[O-])ccc2Cl)c1.Cn1c(=O)c(C(=O)NCc2ccco2)c(O)c2ccccc21.N#Cc1cccc(N=Cc2cc([N+](=O)[O-])ccc2Cl)c1.O=[N+]([O-])c1ccc(Cl)c(C=Nc2ccc3ccccc3c2)c1.O=[N+]([O-])c1ccc(N=Cc2cc([N+](=O)[O-])ccc2Cl)cc1. The van der Waals surface area contributed by atoms with Gasteiger partial charge in [0.15, 0.2) is 0 Å². The zero-order valence-electron chi connectivity index (χ0n) is 76.0. The van der Waals surface area contributed by atoms with Crippen molar-refractivity contribution in [2.24, 2.45) is 37.0 Å². The van der Waals surface area contributed by atoms with Gasteiger partial charge in [-0.3, -0.25) is 110 Å². The number of phenols is 1. The van der Waals surface area contributed by atoms with E-state index in [1.807, 2.05) is 106 Å². The first-order valence-electron chi connectivity index (χ1n) is 42.2. The number of hydrogen-bond donors (Lipinski definition) is 3. The van der Waals surface area contributed by atoms with Crippen LogP contribution in [-0.2, 0) is 13.6 Å². The maximum atomic E-state index is 12.3. The van der Waals surface area contributed by atoms with Crippen LogP contribution in [0.25, 0.3) is 21.7 Å². The van der Waals surface area contributed by atoms with Crippen LogP contribution in [0.3, 0.4) is 0 Å². The number of aryl methyl sites for hydroxylation is 3. The molecule has 0 aliphatic carbocycles. The first-order valence-corrected chi connectivity index (χ1v) is 44.5. The van der Waals surface area contributed by atoms with Gasteiger partial charge in [-0.1, -0.05) is 136 Å². The Hall–Kier alpha value is -18.3. The normalized spacial score (nSPS) is 10.8. The molecule has 0 unspecified atom stereocenters. The van der Waals surface area contributed by atoms with Crippen LogP contribution in [0, 0.1) is 96.0 Å². The van der Waals surface area contributed by atoms with Gasteiger partial charge >= 0.3 is 0 Å². The van der Waals surface area contributed by atoms with Gasteiger partial charge < -0.3 is 29.3 Å². The molecule has 0 radical (unpaired) electrons. The van der Waals surface area contributed by atoms with Gasteiger partial charge in [-0.05, 0) is 194 Å². The van der Waals surface area contributed by atoms with E-state index in [0.717, 1.165) is 39.0 Å². The summed E-state index contributed by atoms with van der Waals surface area (Å²) >= 11 is 35.9. The summed E-state index contributed by atoms with van der Waals surface area (Å²) in [6, 6.07) is 83.3. The molecule has 16 rings (SSSR count). The number of nitrogens with zero attached hydrogens (tertiary/aromatic N) is 15.